The summed E-state index contributed by atoms with van der Waals surface area (Å²) in [6, 6.07) is 0. The highest BCUT2D eigenvalue weighted by Crippen LogP contribution is 1.94. The molecule has 0 unspecified atom stereocenters. The molecule has 0 aliphatic rings. The fraction of sp³-hybridized carbons (Fsp3) is 0.800. The molecular formula is C15H28N2O5. The van der Waals surface area contributed by atoms with Crippen LogP contribution in [-0.4, -0.2) is 57.1 Å². The van der Waals surface area contributed by atoms with Gasteiger partial charge in [-0.25, -0.2) is 0 Å². The predicted octanol–water partition coefficient (Wildman–Crippen LogP) is 0.421. The van der Waals surface area contributed by atoms with Crippen molar-refractivity contribution in [3.63, 3.8) is 0 Å². The van der Waals surface area contributed by atoms with Crippen molar-refractivity contribution in [1.29, 1.82) is 0 Å². The lowest BCUT2D eigenvalue weighted by Gasteiger charge is -2.07. The van der Waals surface area contributed by atoms with E-state index in [4.69, 9.17) is 9.47 Å². The van der Waals surface area contributed by atoms with Crippen LogP contribution in [0.15, 0.2) is 0 Å². The molecule has 0 atom stereocenters. The van der Waals surface area contributed by atoms with Gasteiger partial charge in [0.1, 0.15) is 6.61 Å². The highest BCUT2D eigenvalue weighted by Gasteiger charge is 2.01. The molecule has 22 heavy (non-hydrogen) atoms. The van der Waals surface area contributed by atoms with Crippen LogP contribution >= 0.6 is 0 Å². The van der Waals surface area contributed by atoms with Gasteiger partial charge in [0.25, 0.3) is 0 Å². The summed E-state index contributed by atoms with van der Waals surface area (Å²) in [5, 5.41) is 5.52. The third-order valence-electron chi connectivity index (χ3n) is 2.72. The van der Waals surface area contributed by atoms with E-state index in [1.165, 1.54) is 6.92 Å². The van der Waals surface area contributed by atoms with Crippen LogP contribution in [0, 0.1) is 0 Å². The van der Waals surface area contributed by atoms with Gasteiger partial charge in [0.05, 0.1) is 19.8 Å². The highest BCUT2D eigenvalue weighted by molar-refractivity contribution is 5.76. The number of carbonyl (C=O) groups is 3. The quantitative estimate of drug-likeness (QED) is 0.453. The minimum absolute atomic E-state index is 0.0125. The van der Waals surface area contributed by atoms with Gasteiger partial charge in [-0.15, -0.1) is 0 Å². The molecule has 7 nitrogen and oxygen atoms in total. The van der Waals surface area contributed by atoms with Gasteiger partial charge in [-0.05, 0) is 19.8 Å². The lowest BCUT2D eigenvalue weighted by molar-refractivity contribution is -0.123. The lowest BCUT2D eigenvalue weighted by atomic mass is 10.2. The fourth-order valence-corrected chi connectivity index (χ4v) is 1.55. The zero-order chi connectivity index (χ0) is 16.6. The van der Waals surface area contributed by atoms with Gasteiger partial charge in [-0.2, -0.15) is 0 Å². The summed E-state index contributed by atoms with van der Waals surface area (Å²) in [4.78, 5) is 33.1. The Balaban J connectivity index is 3.26. The van der Waals surface area contributed by atoms with Crippen LogP contribution in [0.2, 0.25) is 0 Å². The Morgan fingerprint density at radius 2 is 1.55 bits per heavy atom. The molecule has 0 aromatic heterocycles. The maximum atomic E-state index is 11.5. The number of hydrogen-bond donors (Lipinski definition) is 2. The molecule has 0 spiro atoms. The second-order valence-electron chi connectivity index (χ2n) is 4.88. The van der Waals surface area contributed by atoms with Crippen molar-refractivity contribution in [3.05, 3.63) is 0 Å². The van der Waals surface area contributed by atoms with Crippen LogP contribution in [0.1, 0.15) is 39.5 Å². The second kappa shape index (κ2) is 14.5. The van der Waals surface area contributed by atoms with Crippen LogP contribution in [0.5, 0.6) is 0 Å². The predicted molar refractivity (Wildman–Crippen MR) is 82.5 cm³/mol. The summed E-state index contributed by atoms with van der Waals surface area (Å²) < 4.78 is 10.3. The normalized spacial score (nSPS) is 10.3. The summed E-state index contributed by atoms with van der Waals surface area (Å²) in [6.45, 7) is 5.65. The second-order valence-corrected chi connectivity index (χ2v) is 4.88. The maximum Gasteiger partial charge on any atom is 0.220 e. The first kappa shape index (κ1) is 20.5. The Hall–Kier alpha value is -1.47. The van der Waals surface area contributed by atoms with E-state index < -0.39 is 0 Å². The Kier molecular flexibility index (Phi) is 13.5. The van der Waals surface area contributed by atoms with E-state index in [1.54, 1.807) is 6.92 Å². The maximum absolute atomic E-state index is 11.5. The number of Topliss-reactive ketones (excluding diaryl/α,β-unsaturated/α-hetero) is 1. The molecule has 0 saturated carbocycles. The van der Waals surface area contributed by atoms with Crippen LogP contribution in [0.25, 0.3) is 0 Å². The largest absolute Gasteiger partial charge is 0.377 e. The molecule has 0 saturated heterocycles. The Labute approximate surface area is 132 Å². The van der Waals surface area contributed by atoms with E-state index in [-0.39, 0.29) is 24.2 Å². The van der Waals surface area contributed by atoms with Crippen molar-refractivity contribution >= 4 is 17.6 Å². The van der Waals surface area contributed by atoms with Crippen molar-refractivity contribution < 1.29 is 23.9 Å². The minimum Gasteiger partial charge on any atom is -0.377 e. The minimum atomic E-state index is -0.0155. The number of amides is 2. The van der Waals surface area contributed by atoms with Gasteiger partial charge >= 0.3 is 0 Å². The third-order valence-corrected chi connectivity index (χ3v) is 2.72. The van der Waals surface area contributed by atoms with E-state index >= 15 is 0 Å². The van der Waals surface area contributed by atoms with Crippen LogP contribution in [0.4, 0.5) is 0 Å². The van der Waals surface area contributed by atoms with Crippen LogP contribution < -0.4 is 10.6 Å². The molecule has 0 aliphatic carbocycles. The number of ketones is 1. The molecule has 2 N–H and O–H groups in total. The van der Waals surface area contributed by atoms with E-state index in [1.807, 2.05) is 0 Å². The van der Waals surface area contributed by atoms with Gasteiger partial charge in [-0.1, -0.05) is 6.92 Å². The third kappa shape index (κ3) is 14.9. The smallest absolute Gasteiger partial charge is 0.220 e. The van der Waals surface area contributed by atoms with Gasteiger partial charge in [0.2, 0.25) is 11.8 Å². The summed E-state index contributed by atoms with van der Waals surface area (Å²) >= 11 is 0. The lowest BCUT2D eigenvalue weighted by Crippen LogP contribution is -2.28. The highest BCUT2D eigenvalue weighted by atomic mass is 16.5. The molecule has 0 fully saturated rings. The molecule has 7 heteroatoms. The number of carbonyl (C=O) groups excluding carboxylic acids is 3. The zero-order valence-corrected chi connectivity index (χ0v) is 13.6. The van der Waals surface area contributed by atoms with Gasteiger partial charge in [-0.3, -0.25) is 14.4 Å². The van der Waals surface area contributed by atoms with Gasteiger partial charge in [0.15, 0.2) is 5.78 Å². The van der Waals surface area contributed by atoms with E-state index in [0.29, 0.717) is 45.8 Å². The summed E-state index contributed by atoms with van der Waals surface area (Å²) in [7, 11) is 0. The number of unbranched alkanes of at least 4 members (excludes halogenated alkanes) is 1. The summed E-state index contributed by atoms with van der Waals surface area (Å²) in [5.74, 6) is 0.00801. The SMILES string of the molecule is CCC(=O)NCCCCC(=O)NCCOCCOCC(C)=O. The van der Waals surface area contributed by atoms with Crippen molar-refractivity contribution in [2.24, 2.45) is 0 Å². The van der Waals surface area contributed by atoms with Crippen molar-refractivity contribution in [2.75, 3.05) is 39.5 Å². The summed E-state index contributed by atoms with van der Waals surface area (Å²) in [6.07, 6.45) is 2.47. The zero-order valence-electron chi connectivity index (χ0n) is 13.6. The average molecular weight is 316 g/mol. The standard InChI is InChI=1S/C15H28N2O5/c1-3-14(19)16-7-5-4-6-15(20)17-8-9-21-10-11-22-12-13(2)18/h3-12H2,1-2H3,(H,16,19)(H,17,20). The van der Waals surface area contributed by atoms with Gasteiger partial charge in [0, 0.05) is 25.9 Å². The van der Waals surface area contributed by atoms with Crippen molar-refractivity contribution in [3.8, 4) is 0 Å². The molecule has 0 rings (SSSR count). The fourth-order valence-electron chi connectivity index (χ4n) is 1.55. The molecule has 0 aromatic carbocycles. The number of hydrogen-bond acceptors (Lipinski definition) is 5. The molecule has 2 amide bonds. The first-order valence-corrected chi connectivity index (χ1v) is 7.74. The Morgan fingerprint density at radius 1 is 0.864 bits per heavy atom. The van der Waals surface area contributed by atoms with E-state index in [2.05, 4.69) is 10.6 Å². The number of rotatable bonds is 14. The average Bonchev–Trinajstić information content (AvgIpc) is 2.48. The Bertz CT molecular complexity index is 334. The van der Waals surface area contributed by atoms with Crippen molar-refractivity contribution in [1.82, 2.24) is 10.6 Å². The van der Waals surface area contributed by atoms with E-state index in [0.717, 1.165) is 12.8 Å². The molecule has 0 heterocycles. The molecular weight excluding hydrogens is 288 g/mol. The monoisotopic (exact) mass is 316 g/mol. The van der Waals surface area contributed by atoms with E-state index in [9.17, 15) is 14.4 Å². The van der Waals surface area contributed by atoms with Crippen LogP contribution in [0.3, 0.4) is 0 Å². The molecule has 0 aliphatic heterocycles. The van der Waals surface area contributed by atoms with Crippen molar-refractivity contribution in [2.45, 2.75) is 39.5 Å². The molecule has 0 aromatic rings. The topological polar surface area (TPSA) is 93.7 Å². The Morgan fingerprint density at radius 3 is 2.23 bits per heavy atom. The first-order chi connectivity index (χ1) is 10.6. The summed E-state index contributed by atoms with van der Waals surface area (Å²) in [5.41, 5.74) is 0. The number of ether oxygens (including phenoxy) is 2. The first-order valence-electron chi connectivity index (χ1n) is 7.74. The van der Waals surface area contributed by atoms with Crippen LogP contribution in [-0.2, 0) is 23.9 Å². The molecule has 0 bridgehead atoms. The molecule has 0 radical (unpaired) electrons. The van der Waals surface area contributed by atoms with Gasteiger partial charge < -0.3 is 20.1 Å². The molecule has 128 valence electrons. The number of nitrogens with one attached hydrogen (secondary N) is 2.